The summed E-state index contributed by atoms with van der Waals surface area (Å²) in [5, 5.41) is 0. The van der Waals surface area contributed by atoms with Crippen molar-refractivity contribution in [2.45, 2.75) is 0 Å². The van der Waals surface area contributed by atoms with E-state index in [4.69, 9.17) is 6.57 Å². The third kappa shape index (κ3) is 1.78. The maximum Gasteiger partial charge on any atom is 0.194 e. The number of benzene rings is 2. The van der Waals surface area contributed by atoms with E-state index in [0.717, 1.165) is 12.1 Å². The van der Waals surface area contributed by atoms with Crippen molar-refractivity contribution in [1.29, 1.82) is 0 Å². The first-order valence-electron chi connectivity index (χ1n) is 4.64. The Morgan fingerprint density at radius 3 is 2.38 bits per heavy atom. The summed E-state index contributed by atoms with van der Waals surface area (Å²) in [5.41, 5.74) is 1.54. The Morgan fingerprint density at radius 2 is 1.69 bits per heavy atom. The monoisotopic (exact) mass is 215 g/mol. The highest BCUT2D eigenvalue weighted by molar-refractivity contribution is 5.78. The standard InChI is InChI=1S/C13H7F2N/c1-16-13-5-3-2-4-10(13)9-6-7-11(14)12(15)8-9/h2-8H. The van der Waals surface area contributed by atoms with Crippen LogP contribution < -0.4 is 0 Å². The second kappa shape index (κ2) is 4.11. The summed E-state index contributed by atoms with van der Waals surface area (Å²) in [7, 11) is 0. The van der Waals surface area contributed by atoms with Crippen molar-refractivity contribution in [2.24, 2.45) is 0 Å². The van der Waals surface area contributed by atoms with E-state index < -0.39 is 11.6 Å². The molecule has 0 spiro atoms. The molecule has 78 valence electrons. The Balaban J connectivity index is 2.60. The lowest BCUT2D eigenvalue weighted by Gasteiger charge is -2.04. The van der Waals surface area contributed by atoms with Crippen molar-refractivity contribution in [2.75, 3.05) is 0 Å². The third-order valence-electron chi connectivity index (χ3n) is 2.26. The van der Waals surface area contributed by atoms with Crippen LogP contribution in [0.2, 0.25) is 0 Å². The minimum absolute atomic E-state index is 0.425. The van der Waals surface area contributed by atoms with Gasteiger partial charge < -0.3 is 0 Å². The normalized spacial score (nSPS) is 9.81. The van der Waals surface area contributed by atoms with Gasteiger partial charge in [0.15, 0.2) is 17.3 Å². The highest BCUT2D eigenvalue weighted by Gasteiger charge is 2.07. The second-order valence-electron chi connectivity index (χ2n) is 3.26. The molecule has 0 unspecified atom stereocenters. The summed E-state index contributed by atoms with van der Waals surface area (Å²) >= 11 is 0. The van der Waals surface area contributed by atoms with Crippen molar-refractivity contribution >= 4 is 5.69 Å². The predicted molar refractivity (Wildman–Crippen MR) is 58.1 cm³/mol. The van der Waals surface area contributed by atoms with Crippen molar-refractivity contribution < 1.29 is 8.78 Å². The SMILES string of the molecule is [C-]#[N+]c1ccccc1-c1ccc(F)c(F)c1. The summed E-state index contributed by atoms with van der Waals surface area (Å²) < 4.78 is 25.8. The van der Waals surface area contributed by atoms with Crippen LogP contribution in [0.15, 0.2) is 42.5 Å². The zero-order valence-corrected chi connectivity index (χ0v) is 8.24. The van der Waals surface area contributed by atoms with E-state index in [1.807, 2.05) is 0 Å². The van der Waals surface area contributed by atoms with Crippen molar-refractivity contribution in [3.05, 3.63) is 65.5 Å². The number of nitrogens with zero attached hydrogens (tertiary/aromatic N) is 1. The van der Waals surface area contributed by atoms with Gasteiger partial charge in [-0.25, -0.2) is 13.6 Å². The lowest BCUT2D eigenvalue weighted by Crippen LogP contribution is -1.85. The smallest absolute Gasteiger partial charge is 0.194 e. The first-order chi connectivity index (χ1) is 7.72. The number of hydrogen-bond acceptors (Lipinski definition) is 0. The van der Waals surface area contributed by atoms with Crippen molar-refractivity contribution in [1.82, 2.24) is 0 Å². The average Bonchev–Trinajstić information content (AvgIpc) is 2.32. The lowest BCUT2D eigenvalue weighted by atomic mass is 10.0. The summed E-state index contributed by atoms with van der Waals surface area (Å²) in [6.45, 7) is 6.99. The van der Waals surface area contributed by atoms with Gasteiger partial charge in [0.05, 0.1) is 6.57 Å². The minimum atomic E-state index is -0.905. The van der Waals surface area contributed by atoms with E-state index >= 15 is 0 Å². The molecule has 16 heavy (non-hydrogen) atoms. The predicted octanol–water partition coefficient (Wildman–Crippen LogP) is 4.18. The van der Waals surface area contributed by atoms with Gasteiger partial charge in [0.1, 0.15) is 0 Å². The number of rotatable bonds is 1. The van der Waals surface area contributed by atoms with E-state index in [9.17, 15) is 8.78 Å². The average molecular weight is 215 g/mol. The molecule has 0 radical (unpaired) electrons. The van der Waals surface area contributed by atoms with E-state index in [1.54, 1.807) is 24.3 Å². The molecule has 0 aliphatic heterocycles. The third-order valence-corrected chi connectivity index (χ3v) is 2.26. The van der Waals surface area contributed by atoms with E-state index in [1.165, 1.54) is 6.07 Å². The largest absolute Gasteiger partial charge is 0.238 e. The fourth-order valence-corrected chi connectivity index (χ4v) is 1.48. The van der Waals surface area contributed by atoms with Crippen LogP contribution in [0.5, 0.6) is 0 Å². The van der Waals surface area contributed by atoms with Crippen LogP contribution in [0.4, 0.5) is 14.5 Å². The molecule has 0 aliphatic rings. The van der Waals surface area contributed by atoms with Gasteiger partial charge >= 0.3 is 0 Å². The lowest BCUT2D eigenvalue weighted by molar-refractivity contribution is 0.509. The van der Waals surface area contributed by atoms with E-state index in [0.29, 0.717) is 16.8 Å². The van der Waals surface area contributed by atoms with Crippen LogP contribution in [-0.4, -0.2) is 0 Å². The van der Waals surface area contributed by atoms with Gasteiger partial charge in [-0.1, -0.05) is 30.3 Å². The Bertz CT molecular complexity index is 570. The fourth-order valence-electron chi connectivity index (χ4n) is 1.48. The van der Waals surface area contributed by atoms with Gasteiger partial charge in [-0.15, -0.1) is 0 Å². The molecule has 3 heteroatoms. The molecule has 0 fully saturated rings. The molecule has 2 aromatic carbocycles. The first-order valence-corrected chi connectivity index (χ1v) is 4.64. The minimum Gasteiger partial charge on any atom is -0.238 e. The molecule has 0 atom stereocenters. The summed E-state index contributed by atoms with van der Waals surface area (Å²) in [6.07, 6.45) is 0. The number of para-hydroxylation sites is 1. The van der Waals surface area contributed by atoms with Gasteiger partial charge in [-0.05, 0) is 23.3 Å². The molecule has 1 nitrogen and oxygen atoms in total. The molecule has 0 saturated carbocycles. The fraction of sp³-hybridized carbons (Fsp3) is 0. The maximum atomic E-state index is 13.0. The second-order valence-corrected chi connectivity index (χ2v) is 3.26. The molecule has 0 N–H and O–H groups in total. The van der Waals surface area contributed by atoms with Crippen LogP contribution in [0.3, 0.4) is 0 Å². The summed E-state index contributed by atoms with van der Waals surface area (Å²) in [4.78, 5) is 3.33. The highest BCUT2D eigenvalue weighted by atomic mass is 19.2. The van der Waals surface area contributed by atoms with Crippen LogP contribution in [0, 0.1) is 18.2 Å². The van der Waals surface area contributed by atoms with Gasteiger partial charge in [-0.3, -0.25) is 0 Å². The van der Waals surface area contributed by atoms with Crippen molar-refractivity contribution in [3.8, 4) is 11.1 Å². The Hall–Kier alpha value is -2.21. The molecule has 2 rings (SSSR count). The van der Waals surface area contributed by atoms with Gasteiger partial charge in [0, 0.05) is 0 Å². The molecular formula is C13H7F2N. The Kier molecular flexibility index (Phi) is 2.65. The zero-order chi connectivity index (χ0) is 11.5. The van der Waals surface area contributed by atoms with Gasteiger partial charge in [-0.2, -0.15) is 0 Å². The molecule has 0 saturated heterocycles. The van der Waals surface area contributed by atoms with Crippen LogP contribution >= 0.6 is 0 Å². The van der Waals surface area contributed by atoms with E-state index in [2.05, 4.69) is 4.85 Å². The summed E-state index contributed by atoms with van der Waals surface area (Å²) in [6, 6.07) is 10.5. The van der Waals surface area contributed by atoms with E-state index in [-0.39, 0.29) is 0 Å². The van der Waals surface area contributed by atoms with Gasteiger partial charge in [0.25, 0.3) is 0 Å². The molecule has 0 aromatic heterocycles. The molecular weight excluding hydrogens is 208 g/mol. The van der Waals surface area contributed by atoms with Gasteiger partial charge in [0.2, 0.25) is 0 Å². The molecule has 0 aliphatic carbocycles. The number of hydrogen-bond donors (Lipinski definition) is 0. The van der Waals surface area contributed by atoms with Crippen LogP contribution in [0.25, 0.3) is 16.0 Å². The zero-order valence-electron chi connectivity index (χ0n) is 8.24. The highest BCUT2D eigenvalue weighted by Crippen LogP contribution is 2.30. The Morgan fingerprint density at radius 1 is 0.938 bits per heavy atom. The van der Waals surface area contributed by atoms with Crippen LogP contribution in [-0.2, 0) is 0 Å². The van der Waals surface area contributed by atoms with Crippen LogP contribution in [0.1, 0.15) is 0 Å². The molecule has 2 aromatic rings. The molecule has 0 amide bonds. The Labute approximate surface area is 91.8 Å². The molecule has 0 heterocycles. The topological polar surface area (TPSA) is 4.36 Å². The number of halogens is 2. The maximum absolute atomic E-state index is 13.0. The first kappa shape index (κ1) is 10.3. The van der Waals surface area contributed by atoms with Crippen molar-refractivity contribution in [3.63, 3.8) is 0 Å². The quantitative estimate of drug-likeness (QED) is 0.628. The molecule has 0 bridgehead atoms. The summed E-state index contributed by atoms with van der Waals surface area (Å²) in [5.74, 6) is -1.79.